The van der Waals surface area contributed by atoms with Crippen molar-refractivity contribution >= 4 is 43.5 Å². The molecule has 2 nitrogen and oxygen atoms in total. The van der Waals surface area contributed by atoms with Crippen LogP contribution >= 0.6 is 0 Å². The summed E-state index contributed by atoms with van der Waals surface area (Å²) in [7, 11) is 0. The van der Waals surface area contributed by atoms with Crippen molar-refractivity contribution in [3.05, 3.63) is 121 Å². The Kier molecular flexibility index (Phi) is 3.80. The van der Waals surface area contributed by atoms with Gasteiger partial charge in [-0.2, -0.15) is 0 Å². The molecular weight excluding hydrogens is 400 g/mol. The van der Waals surface area contributed by atoms with E-state index in [1.165, 1.54) is 60.4 Å². The smallest absolute Gasteiger partial charge is 0.0613 e. The molecule has 2 aromatic heterocycles. The molecule has 0 fully saturated rings. The molecule has 0 aliphatic heterocycles. The van der Waals surface area contributed by atoms with Crippen LogP contribution in [0.4, 0.5) is 0 Å². The van der Waals surface area contributed by atoms with E-state index in [9.17, 15) is 0 Å². The summed E-state index contributed by atoms with van der Waals surface area (Å²) in [5.74, 6) is 0. The van der Waals surface area contributed by atoms with E-state index in [2.05, 4.69) is 131 Å². The van der Waals surface area contributed by atoms with Gasteiger partial charge in [-0.05, 0) is 60.3 Å². The van der Waals surface area contributed by atoms with Crippen LogP contribution in [0.15, 0.2) is 115 Å². The van der Waals surface area contributed by atoms with Gasteiger partial charge in [0.25, 0.3) is 0 Å². The Labute approximate surface area is 191 Å². The van der Waals surface area contributed by atoms with Gasteiger partial charge in [0, 0.05) is 39.1 Å². The summed E-state index contributed by atoms with van der Waals surface area (Å²) < 4.78 is 4.74. The highest BCUT2D eigenvalue weighted by atomic mass is 15.0. The quantitative estimate of drug-likeness (QED) is 0.266. The summed E-state index contributed by atoms with van der Waals surface area (Å²) in [5.41, 5.74) is 7.38. The number of fused-ring (bicyclic) bond motifs is 7. The number of hydrogen-bond donors (Lipinski definition) is 0. The SMILES string of the molecule is Cc1cccc(-n2c3ccccc3c3c4c(ccc5ccn(-c6ccccc6)c54)ccc32)c1. The zero-order valence-electron chi connectivity index (χ0n) is 18.4. The van der Waals surface area contributed by atoms with Gasteiger partial charge in [-0.1, -0.05) is 66.7 Å². The van der Waals surface area contributed by atoms with Gasteiger partial charge in [0.2, 0.25) is 0 Å². The first-order valence-corrected chi connectivity index (χ1v) is 11.4. The van der Waals surface area contributed by atoms with E-state index >= 15 is 0 Å². The third-order valence-corrected chi connectivity index (χ3v) is 6.76. The summed E-state index contributed by atoms with van der Waals surface area (Å²) in [6.07, 6.45) is 2.19. The first-order valence-electron chi connectivity index (χ1n) is 11.4. The van der Waals surface area contributed by atoms with Crippen LogP contribution in [0.5, 0.6) is 0 Å². The van der Waals surface area contributed by atoms with E-state index in [-0.39, 0.29) is 0 Å². The fraction of sp³-hybridized carbons (Fsp3) is 0.0323. The van der Waals surface area contributed by atoms with Crippen LogP contribution in [0.2, 0.25) is 0 Å². The Morgan fingerprint density at radius 1 is 0.545 bits per heavy atom. The molecule has 0 N–H and O–H groups in total. The lowest BCUT2D eigenvalue weighted by molar-refractivity contribution is 1.13. The Balaban J connectivity index is 1.72. The number of rotatable bonds is 2. The average molecular weight is 423 g/mol. The Bertz CT molecular complexity index is 1820. The molecule has 2 heterocycles. The fourth-order valence-electron chi connectivity index (χ4n) is 5.35. The molecule has 33 heavy (non-hydrogen) atoms. The molecule has 0 saturated carbocycles. The van der Waals surface area contributed by atoms with E-state index in [1.807, 2.05) is 0 Å². The van der Waals surface area contributed by atoms with Gasteiger partial charge in [-0.25, -0.2) is 0 Å². The summed E-state index contributed by atoms with van der Waals surface area (Å²) in [6, 6.07) is 39.4. The molecule has 0 atom stereocenters. The zero-order chi connectivity index (χ0) is 21.9. The number of para-hydroxylation sites is 2. The Morgan fingerprint density at radius 3 is 2.18 bits per heavy atom. The van der Waals surface area contributed by atoms with Gasteiger partial charge in [0.1, 0.15) is 0 Å². The van der Waals surface area contributed by atoms with Crippen molar-refractivity contribution in [2.24, 2.45) is 0 Å². The van der Waals surface area contributed by atoms with Crippen LogP contribution in [0, 0.1) is 6.92 Å². The van der Waals surface area contributed by atoms with Crippen molar-refractivity contribution in [3.63, 3.8) is 0 Å². The first kappa shape index (κ1) is 18.3. The second-order valence-electron chi connectivity index (χ2n) is 8.77. The molecule has 7 rings (SSSR count). The minimum Gasteiger partial charge on any atom is -0.316 e. The number of aromatic nitrogens is 2. The van der Waals surface area contributed by atoms with Crippen molar-refractivity contribution in [2.75, 3.05) is 0 Å². The van der Waals surface area contributed by atoms with Gasteiger partial charge >= 0.3 is 0 Å². The second-order valence-corrected chi connectivity index (χ2v) is 8.77. The molecule has 2 heteroatoms. The molecule has 0 aliphatic carbocycles. The normalized spacial score (nSPS) is 11.8. The van der Waals surface area contributed by atoms with E-state index < -0.39 is 0 Å². The van der Waals surface area contributed by atoms with Crippen molar-refractivity contribution in [1.82, 2.24) is 9.13 Å². The molecule has 0 bridgehead atoms. The minimum atomic E-state index is 1.18. The zero-order valence-corrected chi connectivity index (χ0v) is 18.4. The van der Waals surface area contributed by atoms with E-state index in [0.717, 1.165) is 0 Å². The van der Waals surface area contributed by atoms with Gasteiger partial charge in [-0.15, -0.1) is 0 Å². The summed E-state index contributed by atoms with van der Waals surface area (Å²) >= 11 is 0. The van der Waals surface area contributed by atoms with E-state index in [4.69, 9.17) is 0 Å². The van der Waals surface area contributed by atoms with Crippen LogP contribution < -0.4 is 0 Å². The van der Waals surface area contributed by atoms with Gasteiger partial charge in [0.15, 0.2) is 0 Å². The van der Waals surface area contributed by atoms with Crippen LogP contribution in [-0.2, 0) is 0 Å². The van der Waals surface area contributed by atoms with Crippen molar-refractivity contribution in [2.45, 2.75) is 6.92 Å². The number of aryl methyl sites for hydroxylation is 1. The molecule has 0 amide bonds. The van der Waals surface area contributed by atoms with Crippen LogP contribution in [0.3, 0.4) is 0 Å². The lowest BCUT2D eigenvalue weighted by Crippen LogP contribution is -1.94. The van der Waals surface area contributed by atoms with E-state index in [0.29, 0.717) is 0 Å². The summed E-state index contributed by atoms with van der Waals surface area (Å²) in [5, 5.41) is 6.42. The number of benzene rings is 5. The maximum atomic E-state index is 2.41. The number of nitrogens with zero attached hydrogens (tertiary/aromatic N) is 2. The highest BCUT2D eigenvalue weighted by molar-refractivity contribution is 6.27. The molecule has 5 aromatic carbocycles. The third kappa shape index (κ3) is 2.61. The van der Waals surface area contributed by atoms with Gasteiger partial charge in [0.05, 0.1) is 16.6 Å². The maximum absolute atomic E-state index is 2.41. The maximum Gasteiger partial charge on any atom is 0.0613 e. The van der Waals surface area contributed by atoms with E-state index in [1.54, 1.807) is 0 Å². The van der Waals surface area contributed by atoms with Gasteiger partial charge in [-0.3, -0.25) is 0 Å². The fourth-order valence-corrected chi connectivity index (χ4v) is 5.35. The van der Waals surface area contributed by atoms with Crippen molar-refractivity contribution in [1.29, 1.82) is 0 Å². The van der Waals surface area contributed by atoms with Crippen LogP contribution in [0.25, 0.3) is 54.9 Å². The first-order chi connectivity index (χ1) is 16.3. The highest BCUT2D eigenvalue weighted by Gasteiger charge is 2.17. The molecule has 7 aromatic rings. The Hall–Kier alpha value is -4.30. The van der Waals surface area contributed by atoms with Gasteiger partial charge < -0.3 is 9.13 Å². The van der Waals surface area contributed by atoms with Crippen molar-refractivity contribution < 1.29 is 0 Å². The molecule has 0 unspecified atom stereocenters. The lowest BCUT2D eigenvalue weighted by Gasteiger charge is -2.11. The highest BCUT2D eigenvalue weighted by Crippen LogP contribution is 2.40. The minimum absolute atomic E-state index is 1.18. The Morgan fingerprint density at radius 2 is 1.30 bits per heavy atom. The van der Waals surface area contributed by atoms with Crippen LogP contribution in [0.1, 0.15) is 5.56 Å². The number of hydrogen-bond acceptors (Lipinski definition) is 0. The molecule has 0 radical (unpaired) electrons. The summed E-state index contributed by atoms with van der Waals surface area (Å²) in [4.78, 5) is 0. The second kappa shape index (κ2) is 6.85. The topological polar surface area (TPSA) is 9.86 Å². The predicted octanol–water partition coefficient (Wildman–Crippen LogP) is 8.19. The summed E-state index contributed by atoms with van der Waals surface area (Å²) in [6.45, 7) is 2.16. The molecule has 0 aliphatic rings. The monoisotopic (exact) mass is 422 g/mol. The lowest BCUT2D eigenvalue weighted by atomic mass is 10.0. The predicted molar refractivity (Wildman–Crippen MR) is 140 cm³/mol. The largest absolute Gasteiger partial charge is 0.316 e. The van der Waals surface area contributed by atoms with Crippen LogP contribution in [-0.4, -0.2) is 9.13 Å². The molecular formula is C31H22N2. The molecule has 0 spiro atoms. The molecule has 156 valence electrons. The standard InChI is InChI=1S/C31H22N2/c1-21-8-7-11-25(20-21)33-27-13-6-5-12-26(27)30-28(33)17-16-22-14-15-23-18-19-32(31(23)29(22)30)24-9-3-2-4-10-24/h2-20H,1H3. The average Bonchev–Trinajstić information content (AvgIpc) is 3.44. The third-order valence-electron chi connectivity index (χ3n) is 6.76. The molecule has 0 saturated heterocycles. The van der Waals surface area contributed by atoms with Crippen molar-refractivity contribution in [3.8, 4) is 11.4 Å².